The Labute approximate surface area is 111 Å². The van der Waals surface area contributed by atoms with Crippen LogP contribution < -0.4 is 10.5 Å². The highest BCUT2D eigenvalue weighted by Crippen LogP contribution is 2.27. The van der Waals surface area contributed by atoms with Gasteiger partial charge in [0.2, 0.25) is 0 Å². The lowest BCUT2D eigenvalue weighted by atomic mass is 9.93. The molecule has 2 N–H and O–H groups in total. The van der Waals surface area contributed by atoms with Crippen LogP contribution in [0.3, 0.4) is 0 Å². The molecule has 1 aromatic rings. The van der Waals surface area contributed by atoms with Gasteiger partial charge in [-0.1, -0.05) is 19.1 Å². The van der Waals surface area contributed by atoms with Crippen LogP contribution in [0.25, 0.3) is 0 Å². The quantitative estimate of drug-likeness (QED) is 0.843. The molecule has 3 nitrogen and oxygen atoms in total. The molecule has 0 aliphatic carbocycles. The fraction of sp³-hybridized carbons (Fsp3) is 0.600. The van der Waals surface area contributed by atoms with Gasteiger partial charge in [-0.05, 0) is 58.1 Å². The highest BCUT2D eigenvalue weighted by atomic mass is 16.5. The van der Waals surface area contributed by atoms with E-state index in [2.05, 4.69) is 38.1 Å². The maximum atomic E-state index is 5.79. The first-order valence-electron chi connectivity index (χ1n) is 6.58. The summed E-state index contributed by atoms with van der Waals surface area (Å²) in [6.45, 7) is 6.94. The van der Waals surface area contributed by atoms with Gasteiger partial charge in [0.25, 0.3) is 0 Å². The summed E-state index contributed by atoms with van der Waals surface area (Å²) in [6, 6.07) is 8.69. The molecule has 3 heteroatoms. The monoisotopic (exact) mass is 250 g/mol. The lowest BCUT2D eigenvalue weighted by Gasteiger charge is -2.30. The Balaban J connectivity index is 2.87. The number of nitrogens with two attached hydrogens (primary N) is 1. The molecule has 2 unspecified atom stereocenters. The third-order valence-electron chi connectivity index (χ3n) is 3.06. The Morgan fingerprint density at radius 2 is 1.67 bits per heavy atom. The first kappa shape index (κ1) is 15.0. The molecular weight excluding hydrogens is 224 g/mol. The molecule has 0 heterocycles. The maximum Gasteiger partial charge on any atom is 0.119 e. The smallest absolute Gasteiger partial charge is 0.119 e. The van der Waals surface area contributed by atoms with E-state index in [1.807, 2.05) is 26.0 Å². The number of hydrogen-bond donors (Lipinski definition) is 1. The molecule has 0 spiro atoms. The molecule has 0 radical (unpaired) electrons. The summed E-state index contributed by atoms with van der Waals surface area (Å²) in [4.78, 5) is 2.22. The highest BCUT2D eigenvalue weighted by Gasteiger charge is 2.20. The van der Waals surface area contributed by atoms with Crippen molar-refractivity contribution in [3.8, 4) is 5.75 Å². The van der Waals surface area contributed by atoms with Gasteiger partial charge in [0.15, 0.2) is 0 Å². The summed E-state index contributed by atoms with van der Waals surface area (Å²) in [7, 11) is 4.19. The lowest BCUT2D eigenvalue weighted by Crippen LogP contribution is -2.30. The van der Waals surface area contributed by atoms with Gasteiger partial charge in [-0.25, -0.2) is 0 Å². The summed E-state index contributed by atoms with van der Waals surface area (Å²) in [5.41, 5.74) is 7.08. The summed E-state index contributed by atoms with van der Waals surface area (Å²) in [5.74, 6) is 1.35. The molecule has 2 atom stereocenters. The first-order chi connectivity index (χ1) is 8.45. The number of nitrogens with zero attached hydrogens (tertiary/aromatic N) is 1. The summed E-state index contributed by atoms with van der Waals surface area (Å²) in [6.07, 6.45) is 0.212. The van der Waals surface area contributed by atoms with Crippen molar-refractivity contribution in [3.63, 3.8) is 0 Å². The Morgan fingerprint density at radius 3 is 2.06 bits per heavy atom. The van der Waals surface area contributed by atoms with Crippen LogP contribution in [-0.4, -0.2) is 31.6 Å². The van der Waals surface area contributed by atoms with E-state index in [9.17, 15) is 0 Å². The van der Waals surface area contributed by atoms with Gasteiger partial charge >= 0.3 is 0 Å². The van der Waals surface area contributed by atoms with Crippen molar-refractivity contribution in [2.24, 2.45) is 11.7 Å². The fourth-order valence-electron chi connectivity index (χ4n) is 2.28. The molecule has 102 valence electrons. The molecule has 0 aliphatic rings. The van der Waals surface area contributed by atoms with Crippen molar-refractivity contribution >= 4 is 0 Å². The molecule has 18 heavy (non-hydrogen) atoms. The second-order valence-electron chi connectivity index (χ2n) is 5.36. The molecule has 1 aromatic carbocycles. The molecule has 0 fully saturated rings. The third-order valence-corrected chi connectivity index (χ3v) is 3.06. The summed E-state index contributed by atoms with van der Waals surface area (Å²) >= 11 is 0. The zero-order valence-electron chi connectivity index (χ0n) is 12.2. The number of ether oxygens (including phenoxy) is 1. The van der Waals surface area contributed by atoms with E-state index in [-0.39, 0.29) is 6.10 Å². The van der Waals surface area contributed by atoms with Crippen LogP contribution in [0.5, 0.6) is 5.75 Å². The molecule has 0 saturated heterocycles. The van der Waals surface area contributed by atoms with Gasteiger partial charge in [0.05, 0.1) is 6.10 Å². The van der Waals surface area contributed by atoms with Crippen LogP contribution in [0.15, 0.2) is 24.3 Å². The third kappa shape index (κ3) is 4.00. The van der Waals surface area contributed by atoms with Crippen molar-refractivity contribution < 1.29 is 4.74 Å². The predicted molar refractivity (Wildman–Crippen MR) is 76.9 cm³/mol. The van der Waals surface area contributed by atoms with E-state index < -0.39 is 0 Å². The van der Waals surface area contributed by atoms with E-state index in [4.69, 9.17) is 10.5 Å². The largest absolute Gasteiger partial charge is 0.491 e. The molecule has 0 aromatic heterocycles. The van der Waals surface area contributed by atoms with Crippen LogP contribution in [-0.2, 0) is 0 Å². The second kappa shape index (κ2) is 6.76. The Hall–Kier alpha value is -1.06. The fourth-order valence-corrected chi connectivity index (χ4v) is 2.28. The Kier molecular flexibility index (Phi) is 5.63. The van der Waals surface area contributed by atoms with Crippen LogP contribution in [0.2, 0.25) is 0 Å². The Morgan fingerprint density at radius 1 is 1.11 bits per heavy atom. The van der Waals surface area contributed by atoms with Crippen molar-refractivity contribution in [1.29, 1.82) is 0 Å². The Bertz CT molecular complexity index is 346. The molecule has 1 rings (SSSR count). The lowest BCUT2D eigenvalue weighted by molar-refractivity contribution is 0.226. The van der Waals surface area contributed by atoms with Crippen molar-refractivity contribution in [2.45, 2.75) is 32.9 Å². The zero-order chi connectivity index (χ0) is 13.7. The minimum absolute atomic E-state index is 0.212. The molecule has 0 bridgehead atoms. The molecule has 0 aliphatic heterocycles. The van der Waals surface area contributed by atoms with Crippen LogP contribution in [0, 0.1) is 5.92 Å². The summed E-state index contributed by atoms with van der Waals surface area (Å²) < 4.78 is 5.66. The SMILES string of the molecule is CC(C)Oc1ccc(C(C(C)CN)N(C)C)cc1. The number of benzene rings is 1. The van der Waals surface area contributed by atoms with Gasteiger partial charge < -0.3 is 15.4 Å². The minimum Gasteiger partial charge on any atom is -0.491 e. The first-order valence-corrected chi connectivity index (χ1v) is 6.58. The molecular formula is C15H26N2O. The number of hydrogen-bond acceptors (Lipinski definition) is 3. The second-order valence-corrected chi connectivity index (χ2v) is 5.36. The van der Waals surface area contributed by atoms with E-state index in [0.717, 1.165) is 5.75 Å². The standard InChI is InChI=1S/C15H26N2O/c1-11(2)18-14-8-6-13(7-9-14)15(17(4)5)12(3)10-16/h6-9,11-12,15H,10,16H2,1-5H3. The van der Waals surface area contributed by atoms with E-state index in [0.29, 0.717) is 18.5 Å². The highest BCUT2D eigenvalue weighted by molar-refractivity contribution is 5.29. The number of rotatable bonds is 6. The normalized spacial score (nSPS) is 14.9. The van der Waals surface area contributed by atoms with Gasteiger partial charge in [-0.3, -0.25) is 0 Å². The predicted octanol–water partition coefficient (Wildman–Crippen LogP) is 2.67. The van der Waals surface area contributed by atoms with Crippen LogP contribution in [0.4, 0.5) is 0 Å². The van der Waals surface area contributed by atoms with Crippen molar-refractivity contribution in [3.05, 3.63) is 29.8 Å². The zero-order valence-corrected chi connectivity index (χ0v) is 12.2. The van der Waals surface area contributed by atoms with Crippen molar-refractivity contribution in [2.75, 3.05) is 20.6 Å². The maximum absolute atomic E-state index is 5.79. The average molecular weight is 250 g/mol. The molecule has 0 saturated carbocycles. The van der Waals surface area contributed by atoms with Crippen LogP contribution in [0.1, 0.15) is 32.4 Å². The minimum atomic E-state index is 0.212. The van der Waals surface area contributed by atoms with Gasteiger partial charge in [0.1, 0.15) is 5.75 Å². The summed E-state index contributed by atoms with van der Waals surface area (Å²) in [5, 5.41) is 0. The topological polar surface area (TPSA) is 38.5 Å². The van der Waals surface area contributed by atoms with E-state index in [1.54, 1.807) is 0 Å². The van der Waals surface area contributed by atoms with E-state index >= 15 is 0 Å². The molecule has 0 amide bonds. The average Bonchev–Trinajstić information content (AvgIpc) is 2.30. The van der Waals surface area contributed by atoms with Crippen molar-refractivity contribution in [1.82, 2.24) is 4.90 Å². The van der Waals surface area contributed by atoms with Gasteiger partial charge in [-0.15, -0.1) is 0 Å². The van der Waals surface area contributed by atoms with E-state index in [1.165, 1.54) is 5.56 Å². The van der Waals surface area contributed by atoms with Crippen LogP contribution >= 0.6 is 0 Å². The van der Waals surface area contributed by atoms with Gasteiger partial charge in [0, 0.05) is 6.04 Å². The van der Waals surface area contributed by atoms with Gasteiger partial charge in [-0.2, -0.15) is 0 Å².